The van der Waals surface area contributed by atoms with Gasteiger partial charge in [-0.2, -0.15) is 0 Å². The minimum Gasteiger partial charge on any atom is -0.330 e. The highest BCUT2D eigenvalue weighted by molar-refractivity contribution is 4.79. The molecule has 0 spiro atoms. The Kier molecular flexibility index (Phi) is 8.90. The van der Waals surface area contributed by atoms with E-state index >= 15 is 0 Å². The predicted octanol–water partition coefficient (Wildman–Crippen LogP) is 1.54. The van der Waals surface area contributed by atoms with Gasteiger partial charge in [0.2, 0.25) is 0 Å². The minimum atomic E-state index is 0.603. The van der Waals surface area contributed by atoms with E-state index in [9.17, 15) is 0 Å². The maximum Gasteiger partial charge on any atom is 0.0142 e. The van der Waals surface area contributed by atoms with Crippen LogP contribution in [0, 0.1) is 11.8 Å². The molecule has 0 fully saturated rings. The fourth-order valence-electron chi connectivity index (χ4n) is 2.40. The van der Waals surface area contributed by atoms with Gasteiger partial charge < -0.3 is 16.0 Å². The average molecular weight is 229 g/mol. The molecule has 3 heteroatoms. The summed E-state index contributed by atoms with van der Waals surface area (Å²) in [6.07, 6.45) is 2.37. The third kappa shape index (κ3) is 6.46. The lowest BCUT2D eigenvalue weighted by atomic mass is 9.88. The lowest BCUT2D eigenvalue weighted by molar-refractivity contribution is 0.175. The van der Waals surface area contributed by atoms with Gasteiger partial charge in [-0.25, -0.2) is 0 Å². The summed E-state index contributed by atoms with van der Waals surface area (Å²) >= 11 is 0. The van der Waals surface area contributed by atoms with Crippen LogP contribution in [0.1, 0.15) is 33.6 Å². The molecule has 0 aliphatic carbocycles. The molecule has 2 atom stereocenters. The Bertz CT molecular complexity index is 157. The molecule has 0 aliphatic rings. The van der Waals surface area contributed by atoms with Crippen LogP contribution in [0.3, 0.4) is 0 Å². The second-order valence-corrected chi connectivity index (χ2v) is 5.31. The Labute approximate surface area is 102 Å². The SMILES string of the molecule is CCNCC(CC(C)C)C(CCN)N(C)C. The molecule has 0 saturated carbocycles. The van der Waals surface area contributed by atoms with E-state index in [1.54, 1.807) is 0 Å². The molecule has 0 saturated heterocycles. The van der Waals surface area contributed by atoms with Crippen molar-refractivity contribution >= 4 is 0 Å². The van der Waals surface area contributed by atoms with Crippen LogP contribution >= 0.6 is 0 Å². The predicted molar refractivity (Wildman–Crippen MR) is 72.6 cm³/mol. The van der Waals surface area contributed by atoms with Gasteiger partial charge in [-0.05, 0) is 58.4 Å². The normalized spacial score (nSPS) is 15.8. The smallest absolute Gasteiger partial charge is 0.0142 e. The molecule has 0 heterocycles. The zero-order chi connectivity index (χ0) is 12.6. The second kappa shape index (κ2) is 8.97. The van der Waals surface area contributed by atoms with Crippen LogP contribution in [0.5, 0.6) is 0 Å². The van der Waals surface area contributed by atoms with Gasteiger partial charge in [-0.3, -0.25) is 0 Å². The van der Waals surface area contributed by atoms with E-state index in [1.807, 2.05) is 0 Å². The molecule has 0 amide bonds. The number of hydrogen-bond acceptors (Lipinski definition) is 3. The van der Waals surface area contributed by atoms with E-state index < -0.39 is 0 Å². The zero-order valence-corrected chi connectivity index (χ0v) is 11.8. The first-order chi connectivity index (χ1) is 7.52. The Morgan fingerprint density at radius 2 is 1.88 bits per heavy atom. The van der Waals surface area contributed by atoms with E-state index in [-0.39, 0.29) is 0 Å². The molecule has 0 aromatic carbocycles. The number of rotatable bonds is 9. The van der Waals surface area contributed by atoms with Crippen LogP contribution in [0.25, 0.3) is 0 Å². The van der Waals surface area contributed by atoms with Crippen molar-refractivity contribution in [2.75, 3.05) is 33.7 Å². The Morgan fingerprint density at radius 3 is 2.25 bits per heavy atom. The summed E-state index contributed by atoms with van der Waals surface area (Å²) in [6.45, 7) is 9.71. The average Bonchev–Trinajstić information content (AvgIpc) is 2.20. The standard InChI is InChI=1S/C13H31N3/c1-6-15-10-12(9-11(2)3)13(7-8-14)16(4)5/h11-13,15H,6-10,14H2,1-5H3. The molecule has 0 rings (SSSR count). The minimum absolute atomic E-state index is 0.603. The van der Waals surface area contributed by atoms with Crippen molar-refractivity contribution in [2.24, 2.45) is 17.6 Å². The molecule has 16 heavy (non-hydrogen) atoms. The summed E-state index contributed by atoms with van der Waals surface area (Å²) in [6, 6.07) is 0.603. The highest BCUT2D eigenvalue weighted by Gasteiger charge is 2.23. The number of hydrogen-bond donors (Lipinski definition) is 2. The van der Waals surface area contributed by atoms with Gasteiger partial charge in [0.15, 0.2) is 0 Å². The Hall–Kier alpha value is -0.120. The maximum atomic E-state index is 5.72. The summed E-state index contributed by atoms with van der Waals surface area (Å²) in [5, 5.41) is 3.48. The third-order valence-electron chi connectivity index (χ3n) is 3.10. The van der Waals surface area contributed by atoms with Gasteiger partial charge in [0.1, 0.15) is 0 Å². The van der Waals surface area contributed by atoms with Crippen LogP contribution in [-0.2, 0) is 0 Å². The van der Waals surface area contributed by atoms with E-state index in [2.05, 4.69) is 45.1 Å². The van der Waals surface area contributed by atoms with Crippen molar-refractivity contribution in [3.63, 3.8) is 0 Å². The van der Waals surface area contributed by atoms with Crippen LogP contribution in [0.15, 0.2) is 0 Å². The zero-order valence-electron chi connectivity index (χ0n) is 11.8. The van der Waals surface area contributed by atoms with Gasteiger partial charge in [0.25, 0.3) is 0 Å². The van der Waals surface area contributed by atoms with E-state index in [1.165, 1.54) is 6.42 Å². The van der Waals surface area contributed by atoms with Gasteiger partial charge in [0.05, 0.1) is 0 Å². The molecule has 0 bridgehead atoms. The van der Waals surface area contributed by atoms with Crippen molar-refractivity contribution in [1.82, 2.24) is 10.2 Å². The van der Waals surface area contributed by atoms with E-state index in [0.29, 0.717) is 12.0 Å². The molecule has 2 unspecified atom stereocenters. The summed E-state index contributed by atoms with van der Waals surface area (Å²) in [5.41, 5.74) is 5.72. The molecule has 0 aromatic heterocycles. The lowest BCUT2D eigenvalue weighted by Gasteiger charge is -2.33. The quantitative estimate of drug-likeness (QED) is 0.630. The largest absolute Gasteiger partial charge is 0.330 e. The second-order valence-electron chi connectivity index (χ2n) is 5.31. The molecule has 3 nitrogen and oxygen atoms in total. The fraction of sp³-hybridized carbons (Fsp3) is 1.00. The van der Waals surface area contributed by atoms with Crippen molar-refractivity contribution in [2.45, 2.75) is 39.7 Å². The first-order valence-electron chi connectivity index (χ1n) is 6.60. The molecule has 3 N–H and O–H groups in total. The van der Waals surface area contributed by atoms with E-state index in [4.69, 9.17) is 5.73 Å². The summed E-state index contributed by atoms with van der Waals surface area (Å²) in [5.74, 6) is 1.46. The molecule has 0 radical (unpaired) electrons. The van der Waals surface area contributed by atoms with Gasteiger partial charge in [-0.1, -0.05) is 20.8 Å². The van der Waals surface area contributed by atoms with Gasteiger partial charge >= 0.3 is 0 Å². The van der Waals surface area contributed by atoms with Gasteiger partial charge in [0, 0.05) is 6.04 Å². The summed E-state index contributed by atoms with van der Waals surface area (Å²) < 4.78 is 0. The summed E-state index contributed by atoms with van der Waals surface area (Å²) in [7, 11) is 4.33. The van der Waals surface area contributed by atoms with Crippen molar-refractivity contribution in [3.8, 4) is 0 Å². The highest BCUT2D eigenvalue weighted by atomic mass is 15.1. The van der Waals surface area contributed by atoms with Crippen molar-refractivity contribution in [3.05, 3.63) is 0 Å². The molecular weight excluding hydrogens is 198 g/mol. The molecule has 0 aromatic rings. The first kappa shape index (κ1) is 15.9. The third-order valence-corrected chi connectivity index (χ3v) is 3.10. The number of nitrogens with two attached hydrogens (primary N) is 1. The maximum absolute atomic E-state index is 5.72. The first-order valence-corrected chi connectivity index (χ1v) is 6.60. The molecule has 98 valence electrons. The Balaban J connectivity index is 4.39. The van der Waals surface area contributed by atoms with Crippen LogP contribution in [-0.4, -0.2) is 44.7 Å². The molecule has 0 aliphatic heterocycles. The lowest BCUT2D eigenvalue weighted by Crippen LogP contribution is -2.42. The van der Waals surface area contributed by atoms with Crippen LogP contribution in [0.2, 0.25) is 0 Å². The number of nitrogens with one attached hydrogen (secondary N) is 1. The Morgan fingerprint density at radius 1 is 1.25 bits per heavy atom. The van der Waals surface area contributed by atoms with E-state index in [0.717, 1.165) is 32.0 Å². The summed E-state index contributed by atoms with van der Waals surface area (Å²) in [4.78, 5) is 2.33. The van der Waals surface area contributed by atoms with Crippen LogP contribution in [0.4, 0.5) is 0 Å². The highest BCUT2D eigenvalue weighted by Crippen LogP contribution is 2.20. The fourth-order valence-corrected chi connectivity index (χ4v) is 2.40. The van der Waals surface area contributed by atoms with Gasteiger partial charge in [-0.15, -0.1) is 0 Å². The van der Waals surface area contributed by atoms with Crippen LogP contribution < -0.4 is 11.1 Å². The van der Waals surface area contributed by atoms with Crippen molar-refractivity contribution in [1.29, 1.82) is 0 Å². The van der Waals surface area contributed by atoms with Crippen molar-refractivity contribution < 1.29 is 0 Å². The number of nitrogens with zero attached hydrogens (tertiary/aromatic N) is 1. The monoisotopic (exact) mass is 229 g/mol. The topological polar surface area (TPSA) is 41.3 Å². The molecular formula is C13H31N3.